The Morgan fingerprint density at radius 3 is 2.37 bits per heavy atom. The first-order valence-electron chi connectivity index (χ1n) is 12.3. The molecule has 1 saturated heterocycles. The average Bonchev–Trinajstić information content (AvgIpc) is 3.25. The van der Waals surface area contributed by atoms with Crippen molar-refractivity contribution < 1.29 is 4.39 Å². The molecule has 2 fully saturated rings. The molecule has 2 aromatic heterocycles. The summed E-state index contributed by atoms with van der Waals surface area (Å²) in [6, 6.07) is 9.01. The largest absolute Gasteiger partial charge is 0.373 e. The molecule has 6 rings (SSSR count). The fourth-order valence-electron chi connectivity index (χ4n) is 6.19. The summed E-state index contributed by atoms with van der Waals surface area (Å²) in [6.45, 7) is 7.13. The van der Waals surface area contributed by atoms with Crippen LogP contribution in [0.1, 0.15) is 32.3 Å². The van der Waals surface area contributed by atoms with Gasteiger partial charge in [-0.25, -0.2) is 4.39 Å². The Morgan fingerprint density at radius 1 is 0.971 bits per heavy atom. The summed E-state index contributed by atoms with van der Waals surface area (Å²) in [7, 11) is 1.91. The van der Waals surface area contributed by atoms with Crippen molar-refractivity contribution in [2.24, 2.45) is 11.8 Å². The Morgan fingerprint density at radius 2 is 1.71 bits per heavy atom. The van der Waals surface area contributed by atoms with Crippen LogP contribution in [0.2, 0.25) is 0 Å². The number of piperidine rings is 1. The van der Waals surface area contributed by atoms with Gasteiger partial charge in [0.2, 0.25) is 5.95 Å². The molecule has 0 amide bonds. The quantitative estimate of drug-likeness (QED) is 0.569. The highest BCUT2D eigenvalue weighted by Crippen LogP contribution is 2.47. The summed E-state index contributed by atoms with van der Waals surface area (Å²) in [5.41, 5.74) is 3.02. The number of benzene rings is 1. The van der Waals surface area contributed by atoms with Crippen LogP contribution in [0.5, 0.6) is 0 Å². The van der Waals surface area contributed by atoms with Crippen LogP contribution in [0.3, 0.4) is 0 Å². The van der Waals surface area contributed by atoms with Crippen molar-refractivity contribution in [2.45, 2.75) is 38.1 Å². The molecule has 1 aromatic carbocycles. The van der Waals surface area contributed by atoms with Crippen molar-refractivity contribution in [1.82, 2.24) is 20.2 Å². The van der Waals surface area contributed by atoms with Crippen LogP contribution in [-0.4, -0.2) is 52.9 Å². The number of anilines is 5. The standard InChI is InChI=1S/C26H31FN8/c1-26(2)15-35(19-8-6-18(27)7-9-19)24-21(26)23(28-3)32-25(33-24)31-22-16-4-5-17(22)14-34(13-16)20-10-11-29-30-12-20/h6-12,16-17,22H,4-5,13-15H2,1-3H3,(H2,28,31,32,33)/t16-,17+,22-. The Hall–Kier alpha value is -3.49. The lowest BCUT2D eigenvalue weighted by molar-refractivity contribution is 0.376. The molecule has 2 N–H and O–H groups in total. The van der Waals surface area contributed by atoms with Crippen molar-refractivity contribution in [3.63, 3.8) is 0 Å². The average molecular weight is 475 g/mol. The molecule has 1 aliphatic carbocycles. The van der Waals surface area contributed by atoms with Gasteiger partial charge in [-0.05, 0) is 55.0 Å². The lowest BCUT2D eigenvalue weighted by atomic mass is 9.88. The van der Waals surface area contributed by atoms with Gasteiger partial charge in [0.1, 0.15) is 17.5 Å². The number of nitrogens with one attached hydrogen (secondary N) is 2. The lowest BCUT2D eigenvalue weighted by Crippen LogP contribution is -2.48. The van der Waals surface area contributed by atoms with Gasteiger partial charge in [-0.2, -0.15) is 20.2 Å². The molecule has 9 heteroatoms. The number of aromatic nitrogens is 4. The third-order valence-electron chi connectivity index (χ3n) is 7.81. The molecule has 1 saturated carbocycles. The Balaban J connectivity index is 1.30. The van der Waals surface area contributed by atoms with E-state index in [1.165, 1.54) is 25.0 Å². The summed E-state index contributed by atoms with van der Waals surface area (Å²) in [5, 5.41) is 15.0. The normalized spacial score (nSPS) is 24.4. The fraction of sp³-hybridized carbons (Fsp3) is 0.462. The second-order valence-electron chi connectivity index (χ2n) is 10.6. The van der Waals surface area contributed by atoms with Gasteiger partial charge < -0.3 is 20.4 Å². The summed E-state index contributed by atoms with van der Waals surface area (Å²) in [6.07, 6.45) is 5.99. The van der Waals surface area contributed by atoms with Crippen LogP contribution < -0.4 is 20.4 Å². The molecule has 0 radical (unpaired) electrons. The zero-order valence-electron chi connectivity index (χ0n) is 20.4. The molecule has 35 heavy (non-hydrogen) atoms. The van der Waals surface area contributed by atoms with E-state index in [-0.39, 0.29) is 11.2 Å². The maximum atomic E-state index is 13.6. The molecule has 0 unspecified atom stereocenters. The highest BCUT2D eigenvalue weighted by molar-refractivity contribution is 5.75. The van der Waals surface area contributed by atoms with Crippen molar-refractivity contribution in [3.8, 4) is 0 Å². The summed E-state index contributed by atoms with van der Waals surface area (Å²) < 4.78 is 13.6. The first-order valence-corrected chi connectivity index (χ1v) is 12.3. The van der Waals surface area contributed by atoms with Crippen LogP contribution >= 0.6 is 0 Å². The lowest BCUT2D eigenvalue weighted by Gasteiger charge is -2.39. The maximum Gasteiger partial charge on any atom is 0.226 e. The second kappa shape index (κ2) is 8.32. The van der Waals surface area contributed by atoms with Crippen molar-refractivity contribution in [1.29, 1.82) is 0 Å². The molecule has 4 heterocycles. The molecule has 182 valence electrons. The molecule has 0 spiro atoms. The smallest absolute Gasteiger partial charge is 0.226 e. The van der Waals surface area contributed by atoms with E-state index in [4.69, 9.17) is 9.97 Å². The molecule has 3 atom stereocenters. The molecular formula is C26H31FN8. The second-order valence-corrected chi connectivity index (χ2v) is 10.6. The molecular weight excluding hydrogens is 443 g/mol. The number of fused-ring (bicyclic) bond motifs is 3. The van der Waals surface area contributed by atoms with Gasteiger partial charge in [-0.3, -0.25) is 0 Å². The summed E-state index contributed by atoms with van der Waals surface area (Å²) in [5.74, 6) is 3.18. The summed E-state index contributed by atoms with van der Waals surface area (Å²) >= 11 is 0. The van der Waals surface area contributed by atoms with Gasteiger partial charge in [0, 0.05) is 49.4 Å². The van der Waals surface area contributed by atoms with E-state index in [0.717, 1.165) is 48.2 Å². The predicted molar refractivity (Wildman–Crippen MR) is 136 cm³/mol. The van der Waals surface area contributed by atoms with Crippen molar-refractivity contribution in [2.75, 3.05) is 47.1 Å². The van der Waals surface area contributed by atoms with Gasteiger partial charge in [0.25, 0.3) is 0 Å². The molecule has 2 bridgehead atoms. The number of halogens is 1. The van der Waals surface area contributed by atoms with Crippen LogP contribution in [-0.2, 0) is 5.41 Å². The van der Waals surface area contributed by atoms with Gasteiger partial charge >= 0.3 is 0 Å². The molecule has 3 aromatic rings. The van der Waals surface area contributed by atoms with E-state index < -0.39 is 0 Å². The van der Waals surface area contributed by atoms with E-state index in [9.17, 15) is 4.39 Å². The van der Waals surface area contributed by atoms with Gasteiger partial charge in [-0.1, -0.05) is 13.8 Å². The molecule has 8 nitrogen and oxygen atoms in total. The third-order valence-corrected chi connectivity index (χ3v) is 7.81. The van der Waals surface area contributed by atoms with Crippen molar-refractivity contribution >= 4 is 29.0 Å². The Bertz CT molecular complexity index is 1200. The van der Waals surface area contributed by atoms with E-state index in [1.807, 2.05) is 31.4 Å². The number of hydrogen-bond donors (Lipinski definition) is 2. The van der Waals surface area contributed by atoms with Crippen LogP contribution in [0.25, 0.3) is 0 Å². The van der Waals surface area contributed by atoms with E-state index >= 15 is 0 Å². The Kier molecular flexibility index (Phi) is 5.23. The fourth-order valence-corrected chi connectivity index (χ4v) is 6.19. The van der Waals surface area contributed by atoms with E-state index in [0.29, 0.717) is 23.8 Å². The maximum absolute atomic E-state index is 13.6. The Labute approximate surface area is 205 Å². The zero-order chi connectivity index (χ0) is 24.2. The monoisotopic (exact) mass is 474 g/mol. The van der Waals surface area contributed by atoms with Gasteiger partial charge in [0.15, 0.2) is 0 Å². The molecule has 2 aliphatic heterocycles. The van der Waals surface area contributed by atoms with Gasteiger partial charge in [-0.15, -0.1) is 0 Å². The van der Waals surface area contributed by atoms with Crippen LogP contribution in [0, 0.1) is 17.7 Å². The van der Waals surface area contributed by atoms with E-state index in [2.05, 4.69) is 44.5 Å². The minimum Gasteiger partial charge on any atom is -0.373 e. The number of nitrogens with zero attached hydrogens (tertiary/aromatic N) is 6. The summed E-state index contributed by atoms with van der Waals surface area (Å²) in [4.78, 5) is 14.6. The number of hydrogen-bond acceptors (Lipinski definition) is 8. The third kappa shape index (κ3) is 3.83. The van der Waals surface area contributed by atoms with Gasteiger partial charge in [0.05, 0.1) is 18.1 Å². The SMILES string of the molecule is CNc1nc(N[C@@H]2[C@@H]3CC[C@H]2CN(c2ccnnc2)C3)nc2c1C(C)(C)CN2c1ccc(F)cc1. The zero-order valence-corrected chi connectivity index (χ0v) is 20.4. The minimum absolute atomic E-state index is 0.149. The predicted octanol–water partition coefficient (Wildman–Crippen LogP) is 4.20. The highest BCUT2D eigenvalue weighted by atomic mass is 19.1. The first-order chi connectivity index (χ1) is 16.9. The molecule has 3 aliphatic rings. The van der Waals surface area contributed by atoms with Crippen LogP contribution in [0.15, 0.2) is 42.7 Å². The number of rotatable bonds is 5. The highest BCUT2D eigenvalue weighted by Gasteiger charge is 2.44. The van der Waals surface area contributed by atoms with E-state index in [1.54, 1.807) is 6.20 Å². The van der Waals surface area contributed by atoms with Crippen molar-refractivity contribution in [3.05, 3.63) is 54.1 Å². The minimum atomic E-state index is -0.238. The first kappa shape index (κ1) is 22.0. The topological polar surface area (TPSA) is 82.1 Å². The van der Waals surface area contributed by atoms with Crippen LogP contribution in [0.4, 0.5) is 33.3 Å².